The quantitative estimate of drug-likeness (QED) is 0.443. The predicted octanol–water partition coefficient (Wildman–Crippen LogP) is 3.62. The van der Waals surface area contributed by atoms with Gasteiger partial charge in [-0.1, -0.05) is 60.7 Å². The Morgan fingerprint density at radius 2 is 1.52 bits per heavy atom. The molecule has 1 aliphatic rings. The summed E-state index contributed by atoms with van der Waals surface area (Å²) in [5, 5.41) is 12.1. The number of piperidine rings is 1. The lowest BCUT2D eigenvalue weighted by Gasteiger charge is -2.44. The van der Waals surface area contributed by atoms with Crippen LogP contribution in [0.4, 0.5) is 0 Å². The Hall–Kier alpha value is -2.21. The number of esters is 1. The molecule has 0 saturated carbocycles. The normalized spacial score (nSPS) is 23.0. The SMILES string of the molecule is CCOC(C(=O)OC1CC[N+](C)([O-])CC1)(c1ccccc1)c1ccccc1. The molecule has 0 N–H and O–H groups in total. The molecule has 0 spiro atoms. The summed E-state index contributed by atoms with van der Waals surface area (Å²) in [6, 6.07) is 18.9. The molecule has 2 aromatic carbocycles. The fourth-order valence-corrected chi connectivity index (χ4v) is 3.63. The van der Waals surface area contributed by atoms with E-state index in [-0.39, 0.29) is 10.8 Å². The van der Waals surface area contributed by atoms with Gasteiger partial charge >= 0.3 is 5.97 Å². The topological polar surface area (TPSA) is 58.6 Å². The molecule has 0 atom stereocenters. The van der Waals surface area contributed by atoms with Gasteiger partial charge in [-0.25, -0.2) is 4.79 Å². The summed E-state index contributed by atoms with van der Waals surface area (Å²) in [6.07, 6.45) is 0.875. The van der Waals surface area contributed by atoms with Crippen LogP contribution >= 0.6 is 0 Å². The Morgan fingerprint density at radius 3 is 1.96 bits per heavy atom. The van der Waals surface area contributed by atoms with Crippen LogP contribution in [0.1, 0.15) is 30.9 Å². The molecule has 5 heteroatoms. The van der Waals surface area contributed by atoms with Crippen LogP contribution in [0.15, 0.2) is 60.7 Å². The predicted molar refractivity (Wildman–Crippen MR) is 104 cm³/mol. The number of carbonyl (C=O) groups excluding carboxylic acids is 1. The van der Waals surface area contributed by atoms with E-state index in [1.54, 1.807) is 7.05 Å². The van der Waals surface area contributed by atoms with Gasteiger partial charge in [-0.05, 0) is 18.1 Å². The van der Waals surface area contributed by atoms with Gasteiger partial charge in [-0.3, -0.25) is 0 Å². The highest BCUT2D eigenvalue weighted by molar-refractivity contribution is 5.86. The zero-order chi connectivity index (χ0) is 19.3. The minimum atomic E-state index is -1.32. The van der Waals surface area contributed by atoms with Crippen molar-refractivity contribution in [3.05, 3.63) is 77.0 Å². The third-order valence-electron chi connectivity index (χ3n) is 5.13. The van der Waals surface area contributed by atoms with Gasteiger partial charge < -0.3 is 19.3 Å². The van der Waals surface area contributed by atoms with Crippen molar-refractivity contribution in [2.45, 2.75) is 31.5 Å². The Balaban J connectivity index is 1.95. The Bertz CT molecular complexity index is 696. The fraction of sp³-hybridized carbons (Fsp3) is 0.409. The minimum Gasteiger partial charge on any atom is -0.633 e. The number of hydrogen-bond donors (Lipinski definition) is 0. The lowest BCUT2D eigenvalue weighted by Crippen LogP contribution is -2.49. The molecule has 1 fully saturated rings. The van der Waals surface area contributed by atoms with E-state index < -0.39 is 11.6 Å². The van der Waals surface area contributed by atoms with Crippen molar-refractivity contribution >= 4 is 5.97 Å². The molecule has 27 heavy (non-hydrogen) atoms. The zero-order valence-electron chi connectivity index (χ0n) is 16.0. The van der Waals surface area contributed by atoms with E-state index in [4.69, 9.17) is 9.47 Å². The summed E-state index contributed by atoms with van der Waals surface area (Å²) in [7, 11) is 1.66. The Labute approximate surface area is 160 Å². The van der Waals surface area contributed by atoms with E-state index in [2.05, 4.69) is 0 Å². The number of hydrogen-bond acceptors (Lipinski definition) is 4. The fourth-order valence-electron chi connectivity index (χ4n) is 3.63. The van der Waals surface area contributed by atoms with Crippen molar-refractivity contribution in [3.8, 4) is 0 Å². The van der Waals surface area contributed by atoms with Gasteiger partial charge in [-0.15, -0.1) is 0 Å². The maximum atomic E-state index is 13.5. The first-order valence-electron chi connectivity index (χ1n) is 9.49. The van der Waals surface area contributed by atoms with Crippen molar-refractivity contribution < 1.29 is 18.9 Å². The van der Waals surface area contributed by atoms with Gasteiger partial charge in [0.2, 0.25) is 5.60 Å². The van der Waals surface area contributed by atoms with Crippen LogP contribution in [-0.2, 0) is 19.9 Å². The molecule has 1 saturated heterocycles. The van der Waals surface area contributed by atoms with Crippen LogP contribution in [0.5, 0.6) is 0 Å². The number of carbonyl (C=O) groups is 1. The molecule has 3 rings (SSSR count). The lowest BCUT2D eigenvalue weighted by molar-refractivity contribution is -0.866. The molecule has 0 aromatic heterocycles. The van der Waals surface area contributed by atoms with Gasteiger partial charge in [0, 0.05) is 19.4 Å². The summed E-state index contributed by atoms with van der Waals surface area (Å²) in [4.78, 5) is 13.5. The summed E-state index contributed by atoms with van der Waals surface area (Å²) >= 11 is 0. The summed E-state index contributed by atoms with van der Waals surface area (Å²) in [5.41, 5.74) is 0.163. The second kappa shape index (κ2) is 8.21. The van der Waals surface area contributed by atoms with Crippen molar-refractivity contribution in [2.75, 3.05) is 26.7 Å². The van der Waals surface area contributed by atoms with Gasteiger partial charge in [0.1, 0.15) is 6.10 Å². The van der Waals surface area contributed by atoms with E-state index in [1.165, 1.54) is 0 Å². The largest absolute Gasteiger partial charge is 0.633 e. The molecule has 0 unspecified atom stereocenters. The van der Waals surface area contributed by atoms with Gasteiger partial charge in [0.25, 0.3) is 0 Å². The number of benzene rings is 2. The average molecular weight is 369 g/mol. The number of quaternary nitrogens is 1. The Kier molecular flexibility index (Phi) is 5.95. The van der Waals surface area contributed by atoms with Crippen molar-refractivity contribution in [3.63, 3.8) is 0 Å². The molecular weight excluding hydrogens is 342 g/mol. The number of likely N-dealkylation sites (tertiary alicyclic amines) is 1. The summed E-state index contributed by atoms with van der Waals surface area (Å²) in [6.45, 7) is 3.14. The third-order valence-corrected chi connectivity index (χ3v) is 5.13. The highest BCUT2D eigenvalue weighted by Crippen LogP contribution is 2.36. The number of nitrogens with zero attached hydrogens (tertiary/aromatic N) is 1. The van der Waals surface area contributed by atoms with E-state index in [0.29, 0.717) is 32.5 Å². The van der Waals surface area contributed by atoms with Crippen LogP contribution in [0, 0.1) is 5.21 Å². The van der Waals surface area contributed by atoms with E-state index >= 15 is 0 Å². The maximum absolute atomic E-state index is 13.5. The monoisotopic (exact) mass is 369 g/mol. The average Bonchev–Trinajstić information content (AvgIpc) is 2.69. The smallest absolute Gasteiger partial charge is 0.348 e. The van der Waals surface area contributed by atoms with E-state index in [1.807, 2.05) is 67.6 Å². The molecule has 5 nitrogen and oxygen atoms in total. The third kappa shape index (κ3) is 4.21. The summed E-state index contributed by atoms with van der Waals surface area (Å²) in [5.74, 6) is -0.422. The van der Waals surface area contributed by atoms with Crippen LogP contribution < -0.4 is 0 Å². The second-order valence-corrected chi connectivity index (χ2v) is 7.19. The van der Waals surface area contributed by atoms with Crippen LogP contribution in [0.2, 0.25) is 0 Å². The molecular formula is C22H27NO4. The maximum Gasteiger partial charge on any atom is 0.348 e. The molecule has 144 valence electrons. The second-order valence-electron chi connectivity index (χ2n) is 7.19. The highest BCUT2D eigenvalue weighted by atomic mass is 16.6. The van der Waals surface area contributed by atoms with Crippen molar-refractivity contribution in [2.24, 2.45) is 0 Å². The molecule has 1 heterocycles. The molecule has 0 bridgehead atoms. The molecule has 0 amide bonds. The van der Waals surface area contributed by atoms with Crippen molar-refractivity contribution in [1.82, 2.24) is 0 Å². The standard InChI is InChI=1S/C22H27NO4/c1-3-26-22(18-10-6-4-7-11-18,19-12-8-5-9-13-19)21(24)27-20-14-16-23(2,25)17-15-20/h4-13,20H,3,14-17H2,1-2H3. The van der Waals surface area contributed by atoms with Gasteiger partial charge in [-0.2, -0.15) is 0 Å². The zero-order valence-corrected chi connectivity index (χ0v) is 16.0. The molecule has 0 aliphatic carbocycles. The van der Waals surface area contributed by atoms with Gasteiger partial charge in [0.05, 0.1) is 20.1 Å². The molecule has 2 aromatic rings. The van der Waals surface area contributed by atoms with Crippen LogP contribution in [0.25, 0.3) is 0 Å². The first-order valence-corrected chi connectivity index (χ1v) is 9.49. The van der Waals surface area contributed by atoms with Gasteiger partial charge in [0.15, 0.2) is 0 Å². The number of rotatable bonds is 6. The molecule has 0 radical (unpaired) electrons. The number of hydroxylamine groups is 3. The summed E-state index contributed by atoms with van der Waals surface area (Å²) < 4.78 is 11.7. The van der Waals surface area contributed by atoms with E-state index in [9.17, 15) is 10.0 Å². The van der Waals surface area contributed by atoms with E-state index in [0.717, 1.165) is 11.1 Å². The first-order chi connectivity index (χ1) is 13.0. The lowest BCUT2D eigenvalue weighted by atomic mass is 9.85. The molecule has 1 aliphatic heterocycles. The van der Waals surface area contributed by atoms with Crippen LogP contribution in [-0.4, -0.2) is 43.5 Å². The first kappa shape index (κ1) is 19.5. The minimum absolute atomic E-state index is 0.259. The van der Waals surface area contributed by atoms with Crippen molar-refractivity contribution in [1.29, 1.82) is 0 Å². The van der Waals surface area contributed by atoms with Crippen LogP contribution in [0.3, 0.4) is 0 Å². The number of ether oxygens (including phenoxy) is 2. The highest BCUT2D eigenvalue weighted by Gasteiger charge is 2.46. The Morgan fingerprint density at radius 1 is 1.04 bits per heavy atom.